The van der Waals surface area contributed by atoms with Crippen molar-refractivity contribution in [2.75, 3.05) is 13.2 Å². The molecule has 24 heavy (non-hydrogen) atoms. The number of amides is 2. The summed E-state index contributed by atoms with van der Waals surface area (Å²) in [5.41, 5.74) is -0.935. The van der Waals surface area contributed by atoms with Crippen LogP contribution >= 0.6 is 0 Å². The summed E-state index contributed by atoms with van der Waals surface area (Å²) in [6.07, 6.45) is 5.33. The van der Waals surface area contributed by atoms with Gasteiger partial charge in [-0.15, -0.1) is 0 Å². The second kappa shape index (κ2) is 7.72. The molecular formula is C18H32N2O4. The van der Waals surface area contributed by atoms with Gasteiger partial charge in [-0.05, 0) is 65.7 Å². The molecule has 138 valence electrons. The van der Waals surface area contributed by atoms with Gasteiger partial charge in [0.05, 0.1) is 11.6 Å². The number of hydrogen-bond donors (Lipinski definition) is 2. The highest BCUT2D eigenvalue weighted by Gasteiger charge is 2.43. The quantitative estimate of drug-likeness (QED) is 0.747. The van der Waals surface area contributed by atoms with Gasteiger partial charge < -0.3 is 20.1 Å². The van der Waals surface area contributed by atoms with E-state index in [2.05, 4.69) is 10.6 Å². The van der Waals surface area contributed by atoms with Gasteiger partial charge in [-0.25, -0.2) is 4.79 Å². The van der Waals surface area contributed by atoms with E-state index in [0.717, 1.165) is 38.7 Å². The highest BCUT2D eigenvalue weighted by atomic mass is 16.6. The maximum absolute atomic E-state index is 12.3. The Labute approximate surface area is 145 Å². The van der Waals surface area contributed by atoms with Crippen molar-refractivity contribution in [3.63, 3.8) is 0 Å². The minimum absolute atomic E-state index is 0.0332. The SMILES string of the molecule is CC(C)(C)OC(=O)NC[C@@](C)(NC(=O)CC[C@H]1CCCO1)C1CC1. The number of rotatable bonds is 7. The first-order valence-corrected chi connectivity index (χ1v) is 9.07. The molecule has 2 N–H and O–H groups in total. The van der Waals surface area contributed by atoms with Crippen LogP contribution in [0.3, 0.4) is 0 Å². The molecule has 0 aromatic rings. The Morgan fingerprint density at radius 1 is 1.17 bits per heavy atom. The molecule has 0 unspecified atom stereocenters. The summed E-state index contributed by atoms with van der Waals surface area (Å²) >= 11 is 0. The first-order valence-electron chi connectivity index (χ1n) is 9.07. The van der Waals surface area contributed by atoms with Crippen LogP contribution in [-0.2, 0) is 14.3 Å². The van der Waals surface area contributed by atoms with E-state index in [1.807, 2.05) is 27.7 Å². The summed E-state index contributed by atoms with van der Waals surface area (Å²) in [4.78, 5) is 24.2. The number of nitrogens with one attached hydrogen (secondary N) is 2. The zero-order valence-electron chi connectivity index (χ0n) is 15.4. The molecule has 0 radical (unpaired) electrons. The highest BCUT2D eigenvalue weighted by Crippen LogP contribution is 2.39. The lowest BCUT2D eigenvalue weighted by molar-refractivity contribution is -0.123. The molecule has 6 nitrogen and oxygen atoms in total. The molecule has 2 atom stereocenters. The molecule has 1 aliphatic heterocycles. The fourth-order valence-corrected chi connectivity index (χ4v) is 3.13. The molecule has 2 fully saturated rings. The Morgan fingerprint density at radius 3 is 2.42 bits per heavy atom. The van der Waals surface area contributed by atoms with Crippen LogP contribution in [0.4, 0.5) is 4.79 Å². The molecule has 0 bridgehead atoms. The number of ether oxygens (including phenoxy) is 2. The third-order valence-corrected chi connectivity index (χ3v) is 4.62. The van der Waals surface area contributed by atoms with Crippen molar-refractivity contribution in [3.05, 3.63) is 0 Å². The molecule has 0 aromatic heterocycles. The van der Waals surface area contributed by atoms with Gasteiger partial charge in [0, 0.05) is 19.6 Å². The van der Waals surface area contributed by atoms with Crippen molar-refractivity contribution < 1.29 is 19.1 Å². The van der Waals surface area contributed by atoms with E-state index in [9.17, 15) is 9.59 Å². The van der Waals surface area contributed by atoms with Gasteiger partial charge in [0.1, 0.15) is 5.60 Å². The van der Waals surface area contributed by atoms with Gasteiger partial charge in [0.15, 0.2) is 0 Å². The Morgan fingerprint density at radius 2 is 1.88 bits per heavy atom. The minimum atomic E-state index is -0.523. The second-order valence-corrected chi connectivity index (χ2v) is 8.27. The third-order valence-electron chi connectivity index (χ3n) is 4.62. The van der Waals surface area contributed by atoms with E-state index in [1.165, 1.54) is 0 Å². The summed E-state index contributed by atoms with van der Waals surface area (Å²) in [5.74, 6) is 0.449. The maximum Gasteiger partial charge on any atom is 0.407 e. The second-order valence-electron chi connectivity index (χ2n) is 8.27. The predicted octanol–water partition coefficient (Wildman–Crippen LogP) is 2.76. The molecule has 0 aromatic carbocycles. The van der Waals surface area contributed by atoms with Crippen LogP contribution in [0.1, 0.15) is 66.2 Å². The van der Waals surface area contributed by atoms with Crippen LogP contribution in [0.15, 0.2) is 0 Å². The minimum Gasteiger partial charge on any atom is -0.444 e. The Balaban J connectivity index is 1.78. The molecule has 2 amide bonds. The van der Waals surface area contributed by atoms with E-state index < -0.39 is 17.2 Å². The van der Waals surface area contributed by atoms with E-state index in [1.54, 1.807) is 0 Å². The van der Waals surface area contributed by atoms with E-state index in [4.69, 9.17) is 9.47 Å². The van der Waals surface area contributed by atoms with Crippen LogP contribution in [0.5, 0.6) is 0 Å². The monoisotopic (exact) mass is 340 g/mol. The lowest BCUT2D eigenvalue weighted by Gasteiger charge is -2.32. The molecule has 0 spiro atoms. The van der Waals surface area contributed by atoms with Gasteiger partial charge >= 0.3 is 6.09 Å². The Kier molecular flexibility index (Phi) is 6.12. The van der Waals surface area contributed by atoms with E-state index in [0.29, 0.717) is 18.9 Å². The van der Waals surface area contributed by atoms with E-state index >= 15 is 0 Å². The van der Waals surface area contributed by atoms with Crippen molar-refractivity contribution in [3.8, 4) is 0 Å². The number of carbonyl (C=O) groups is 2. The van der Waals surface area contributed by atoms with Crippen molar-refractivity contribution in [1.82, 2.24) is 10.6 Å². The molecule has 6 heteroatoms. The fourth-order valence-electron chi connectivity index (χ4n) is 3.13. The van der Waals surface area contributed by atoms with Crippen LogP contribution < -0.4 is 10.6 Å². The maximum atomic E-state index is 12.3. The van der Waals surface area contributed by atoms with Crippen molar-refractivity contribution in [2.45, 2.75) is 83.5 Å². The largest absolute Gasteiger partial charge is 0.444 e. The first-order chi connectivity index (χ1) is 11.2. The summed E-state index contributed by atoms with van der Waals surface area (Å²) in [6.45, 7) is 8.70. The van der Waals surface area contributed by atoms with Gasteiger partial charge in [-0.1, -0.05) is 0 Å². The molecule has 1 saturated heterocycles. The number of carbonyl (C=O) groups excluding carboxylic acids is 2. The van der Waals surface area contributed by atoms with Crippen molar-refractivity contribution in [2.24, 2.45) is 5.92 Å². The van der Waals surface area contributed by atoms with Crippen LogP contribution in [0.25, 0.3) is 0 Å². The first kappa shape index (κ1) is 19.0. The van der Waals surface area contributed by atoms with E-state index in [-0.39, 0.29) is 12.0 Å². The van der Waals surface area contributed by atoms with Crippen molar-refractivity contribution in [1.29, 1.82) is 0 Å². The highest BCUT2D eigenvalue weighted by molar-refractivity contribution is 5.77. The molecule has 1 aliphatic carbocycles. The van der Waals surface area contributed by atoms with Crippen LogP contribution in [0.2, 0.25) is 0 Å². The lowest BCUT2D eigenvalue weighted by atomic mass is 9.95. The topological polar surface area (TPSA) is 76.7 Å². The number of hydrogen-bond acceptors (Lipinski definition) is 4. The van der Waals surface area contributed by atoms with Gasteiger partial charge in [-0.3, -0.25) is 4.79 Å². The molecular weight excluding hydrogens is 308 g/mol. The predicted molar refractivity (Wildman–Crippen MR) is 91.7 cm³/mol. The van der Waals surface area contributed by atoms with Crippen LogP contribution in [-0.4, -0.2) is 42.4 Å². The Bertz CT molecular complexity index is 450. The average Bonchev–Trinajstić information content (AvgIpc) is 3.20. The zero-order chi connectivity index (χ0) is 17.8. The molecule has 2 aliphatic rings. The molecule has 2 rings (SSSR count). The average molecular weight is 340 g/mol. The fraction of sp³-hybridized carbons (Fsp3) is 0.889. The van der Waals surface area contributed by atoms with Crippen molar-refractivity contribution >= 4 is 12.0 Å². The van der Waals surface area contributed by atoms with Crippen LogP contribution in [0, 0.1) is 5.92 Å². The summed E-state index contributed by atoms with van der Waals surface area (Å²) in [7, 11) is 0. The van der Waals surface area contributed by atoms with Gasteiger partial charge in [0.25, 0.3) is 0 Å². The normalized spacial score (nSPS) is 23.4. The van der Waals surface area contributed by atoms with Gasteiger partial charge in [0.2, 0.25) is 5.91 Å². The molecule has 1 saturated carbocycles. The Hall–Kier alpha value is -1.30. The summed E-state index contributed by atoms with van der Waals surface area (Å²) in [6, 6.07) is 0. The molecule has 1 heterocycles. The summed E-state index contributed by atoms with van der Waals surface area (Å²) in [5, 5.41) is 5.94. The summed E-state index contributed by atoms with van der Waals surface area (Å²) < 4.78 is 10.8. The van der Waals surface area contributed by atoms with Gasteiger partial charge in [-0.2, -0.15) is 0 Å². The number of alkyl carbamates (subject to hydrolysis) is 1. The lowest BCUT2D eigenvalue weighted by Crippen LogP contribution is -2.55. The smallest absolute Gasteiger partial charge is 0.407 e. The standard InChI is InChI=1S/C18H32N2O4/c1-17(2,3)24-16(22)19-12-18(4,13-7-8-13)20-15(21)10-9-14-6-5-11-23-14/h13-14H,5-12H2,1-4H3,(H,19,22)(H,20,21)/t14-,18-/m1/s1. The zero-order valence-corrected chi connectivity index (χ0v) is 15.4. The third kappa shape index (κ3) is 6.30.